The summed E-state index contributed by atoms with van der Waals surface area (Å²) in [7, 11) is 0. The van der Waals surface area contributed by atoms with Crippen molar-refractivity contribution in [2.45, 2.75) is 45.4 Å². The van der Waals surface area contributed by atoms with Gasteiger partial charge in [-0.05, 0) is 27.7 Å². The average Bonchev–Trinajstić information content (AvgIpc) is 2.19. The van der Waals surface area contributed by atoms with Gasteiger partial charge in [-0.1, -0.05) is 0 Å². The molecule has 112 valence electrons. The lowest BCUT2D eigenvalue weighted by atomic mass is 10.1. The fraction of sp³-hybridized carbons (Fsp3) is 0.778. The zero-order valence-corrected chi connectivity index (χ0v) is 11.8. The van der Waals surface area contributed by atoms with Crippen LogP contribution < -0.4 is 10.8 Å². The van der Waals surface area contributed by atoms with Crippen molar-refractivity contribution in [3.8, 4) is 0 Å². The van der Waals surface area contributed by atoms with Crippen molar-refractivity contribution in [3.63, 3.8) is 0 Å². The van der Waals surface area contributed by atoms with Crippen molar-refractivity contribution < 1.29 is 32.5 Å². The molecular formula is C9H17N2O7S-. The number of hydrogen-bond acceptors (Lipinski definition) is 7. The van der Waals surface area contributed by atoms with Crippen LogP contribution >= 0.6 is 0 Å². The average molecular weight is 297 g/mol. The van der Waals surface area contributed by atoms with Gasteiger partial charge < -0.3 is 19.7 Å². The van der Waals surface area contributed by atoms with Crippen LogP contribution in [0.5, 0.6) is 0 Å². The lowest BCUT2D eigenvalue weighted by molar-refractivity contribution is -0.140. The Morgan fingerprint density at radius 3 is 2.26 bits per heavy atom. The van der Waals surface area contributed by atoms with E-state index in [-0.39, 0.29) is 0 Å². The number of ether oxygens (including phenoxy) is 1. The Hall–Kier alpha value is -1.23. The molecule has 19 heavy (non-hydrogen) atoms. The molecule has 1 unspecified atom stereocenters. The molecule has 3 atom stereocenters. The summed E-state index contributed by atoms with van der Waals surface area (Å²) in [6.45, 7) is 6.18. The second-order valence-corrected chi connectivity index (χ2v) is 5.23. The molecular weight excluding hydrogens is 280 g/mol. The van der Waals surface area contributed by atoms with Gasteiger partial charge in [-0.3, -0.25) is 0 Å². The van der Waals surface area contributed by atoms with Crippen LogP contribution in [0.25, 0.3) is 0 Å². The van der Waals surface area contributed by atoms with Gasteiger partial charge in [0.1, 0.15) is 23.0 Å². The summed E-state index contributed by atoms with van der Waals surface area (Å²) in [5, 5.41) is 11.0. The van der Waals surface area contributed by atoms with Gasteiger partial charge in [-0.15, -0.1) is 0 Å². The maximum absolute atomic E-state index is 11.4. The van der Waals surface area contributed by atoms with Gasteiger partial charge in [0.15, 0.2) is 0 Å². The second-order valence-electron chi connectivity index (χ2n) is 4.66. The van der Waals surface area contributed by atoms with Crippen molar-refractivity contribution in [1.82, 2.24) is 10.8 Å². The monoisotopic (exact) mass is 297 g/mol. The molecule has 3 N–H and O–H groups in total. The molecule has 0 bridgehead atoms. The van der Waals surface area contributed by atoms with Crippen LogP contribution in [-0.2, 0) is 25.2 Å². The van der Waals surface area contributed by atoms with Crippen molar-refractivity contribution >= 4 is 23.4 Å². The fourth-order valence-corrected chi connectivity index (χ4v) is 1.25. The van der Waals surface area contributed by atoms with Gasteiger partial charge in [0.05, 0.1) is 6.04 Å². The number of carboxylic acids is 1. The van der Waals surface area contributed by atoms with Crippen LogP contribution in [0.1, 0.15) is 27.7 Å². The molecule has 0 aromatic heterocycles. The number of hydroxylamine groups is 1. The van der Waals surface area contributed by atoms with Gasteiger partial charge in [0.2, 0.25) is 0 Å². The summed E-state index contributed by atoms with van der Waals surface area (Å²) in [5.41, 5.74) is 1.19. The molecule has 0 heterocycles. The predicted octanol–water partition coefficient (Wildman–Crippen LogP) is -0.332. The Morgan fingerprint density at radius 1 is 1.37 bits per heavy atom. The molecule has 0 spiro atoms. The highest BCUT2D eigenvalue weighted by Gasteiger charge is 2.29. The first-order chi connectivity index (χ1) is 8.53. The third-order valence-corrected chi connectivity index (χ3v) is 1.97. The quantitative estimate of drug-likeness (QED) is 0.447. The van der Waals surface area contributed by atoms with Gasteiger partial charge in [-0.25, -0.2) is 18.1 Å². The second kappa shape index (κ2) is 7.38. The molecule has 10 heteroatoms. The number of carboxylic acid groups (broad SMARTS) is 1. The number of carbonyl (C=O) groups is 2. The summed E-state index contributed by atoms with van der Waals surface area (Å²) in [5.74, 6) is -1.37. The standard InChI is InChI=1S/C9H18N2O7S/c1-5(11-18-19(15)16)6(7(12)13)10-8(14)17-9(2,3)4/h5-6,11H,1-4H3,(H,10,14)(H,12,13)(H,15,16)/p-1/t5-,6-/m1/s1. The van der Waals surface area contributed by atoms with E-state index in [1.54, 1.807) is 20.8 Å². The van der Waals surface area contributed by atoms with E-state index in [9.17, 15) is 18.4 Å². The highest BCUT2D eigenvalue weighted by atomic mass is 32.2. The Kier molecular flexibility index (Phi) is 6.90. The SMILES string of the molecule is C[C@@H](NOS(=O)[O-])[C@@H](NC(=O)OC(C)(C)C)C(=O)O. The van der Waals surface area contributed by atoms with Crippen molar-refractivity contribution in [3.05, 3.63) is 0 Å². The molecule has 1 amide bonds. The van der Waals surface area contributed by atoms with E-state index in [4.69, 9.17) is 9.84 Å². The Balaban J connectivity index is 4.53. The van der Waals surface area contributed by atoms with Crippen molar-refractivity contribution in [1.29, 1.82) is 0 Å². The van der Waals surface area contributed by atoms with E-state index in [0.717, 1.165) is 0 Å². The number of aliphatic carboxylic acids is 1. The van der Waals surface area contributed by atoms with E-state index in [0.29, 0.717) is 0 Å². The molecule has 0 aliphatic heterocycles. The number of carbonyl (C=O) groups excluding carboxylic acids is 1. The Labute approximate surface area is 113 Å². The molecule has 0 radical (unpaired) electrons. The van der Waals surface area contributed by atoms with Crippen LogP contribution in [-0.4, -0.2) is 43.6 Å². The summed E-state index contributed by atoms with van der Waals surface area (Å²) in [6.07, 6.45) is -0.934. The fourth-order valence-electron chi connectivity index (χ4n) is 1.02. The third-order valence-electron chi connectivity index (χ3n) is 1.74. The lowest BCUT2D eigenvalue weighted by Crippen LogP contribution is -2.53. The van der Waals surface area contributed by atoms with Crippen LogP contribution in [0.3, 0.4) is 0 Å². The van der Waals surface area contributed by atoms with E-state index >= 15 is 0 Å². The third kappa shape index (κ3) is 8.48. The zero-order valence-electron chi connectivity index (χ0n) is 11.0. The number of rotatable bonds is 6. The van der Waals surface area contributed by atoms with Crippen LogP contribution in [0, 0.1) is 0 Å². The number of nitrogens with one attached hydrogen (secondary N) is 2. The summed E-state index contributed by atoms with van der Waals surface area (Å²) in [4.78, 5) is 22.4. The summed E-state index contributed by atoms with van der Waals surface area (Å²) < 4.78 is 29.2. The van der Waals surface area contributed by atoms with Gasteiger partial charge in [-0.2, -0.15) is 5.48 Å². The van der Waals surface area contributed by atoms with E-state index in [1.165, 1.54) is 6.92 Å². The molecule has 0 saturated carbocycles. The Bertz CT molecular complexity index is 355. The molecule has 9 nitrogen and oxygen atoms in total. The number of alkyl carbamates (subject to hydrolysis) is 1. The molecule has 0 fully saturated rings. The minimum atomic E-state index is -2.84. The predicted molar refractivity (Wildman–Crippen MR) is 63.4 cm³/mol. The van der Waals surface area contributed by atoms with Gasteiger partial charge >= 0.3 is 12.1 Å². The molecule has 0 aromatic rings. The van der Waals surface area contributed by atoms with E-state index < -0.39 is 41.1 Å². The minimum absolute atomic E-state index is 0.781. The first kappa shape index (κ1) is 17.8. The largest absolute Gasteiger partial charge is 0.748 e. The molecule has 0 rings (SSSR count). The smallest absolute Gasteiger partial charge is 0.408 e. The van der Waals surface area contributed by atoms with E-state index in [2.05, 4.69) is 9.60 Å². The van der Waals surface area contributed by atoms with Crippen LogP contribution in [0.15, 0.2) is 0 Å². The number of hydrogen-bond donors (Lipinski definition) is 3. The summed E-state index contributed by atoms with van der Waals surface area (Å²) in [6, 6.07) is -2.42. The topological polar surface area (TPSA) is 137 Å². The minimum Gasteiger partial charge on any atom is -0.748 e. The molecule has 0 saturated heterocycles. The van der Waals surface area contributed by atoms with E-state index in [1.807, 2.05) is 5.48 Å². The maximum Gasteiger partial charge on any atom is 0.408 e. The summed E-state index contributed by atoms with van der Waals surface area (Å²) >= 11 is -2.84. The van der Waals surface area contributed by atoms with Crippen molar-refractivity contribution in [2.24, 2.45) is 0 Å². The lowest BCUT2D eigenvalue weighted by Gasteiger charge is -2.25. The molecule has 0 aliphatic rings. The number of amides is 1. The molecule has 0 aromatic carbocycles. The van der Waals surface area contributed by atoms with Crippen molar-refractivity contribution in [2.75, 3.05) is 0 Å². The Morgan fingerprint density at radius 2 is 1.89 bits per heavy atom. The van der Waals surface area contributed by atoms with Gasteiger partial charge in [0, 0.05) is 0 Å². The van der Waals surface area contributed by atoms with Crippen LogP contribution in [0.4, 0.5) is 4.79 Å². The van der Waals surface area contributed by atoms with Crippen LogP contribution in [0.2, 0.25) is 0 Å². The maximum atomic E-state index is 11.4. The zero-order chi connectivity index (χ0) is 15.2. The normalized spacial score (nSPS) is 16.3. The molecule has 0 aliphatic carbocycles. The first-order valence-corrected chi connectivity index (χ1v) is 6.27. The first-order valence-electron chi connectivity index (χ1n) is 5.27. The highest BCUT2D eigenvalue weighted by molar-refractivity contribution is 7.74. The van der Waals surface area contributed by atoms with Gasteiger partial charge in [0.25, 0.3) is 0 Å². The highest BCUT2D eigenvalue weighted by Crippen LogP contribution is 2.07.